The van der Waals surface area contributed by atoms with Gasteiger partial charge in [-0.1, -0.05) is 108 Å². The molecule has 41 heavy (non-hydrogen) atoms. The maximum absolute atomic E-state index is 10.8. The van der Waals surface area contributed by atoms with Crippen LogP contribution in [0.3, 0.4) is 0 Å². The number of para-hydroxylation sites is 1. The molecule has 5 aromatic rings. The number of rotatable bonds is 5. The predicted molar refractivity (Wildman–Crippen MR) is 147 cm³/mol. The molecule has 0 heterocycles. The molecule has 0 unspecified atom stereocenters. The van der Waals surface area contributed by atoms with E-state index in [4.69, 9.17) is 26.2 Å². The van der Waals surface area contributed by atoms with Crippen LogP contribution in [0.15, 0.2) is 151 Å². The summed E-state index contributed by atoms with van der Waals surface area (Å²) in [7, 11) is -1.91. The molecule has 0 spiro atoms. The molecule has 5 aromatic carbocycles. The van der Waals surface area contributed by atoms with Gasteiger partial charge in [-0.25, -0.2) is 0 Å². The first kappa shape index (κ1) is 37.3. The summed E-state index contributed by atoms with van der Waals surface area (Å²) in [5.74, 6) is -0.139. The Morgan fingerprint density at radius 3 is 1.02 bits per heavy atom. The third kappa shape index (κ3) is 9.71. The molecule has 0 bridgehead atoms. The van der Waals surface area contributed by atoms with Crippen molar-refractivity contribution < 1.29 is 57.9 Å². The van der Waals surface area contributed by atoms with E-state index in [1.807, 2.05) is 0 Å². The quantitative estimate of drug-likeness (QED) is 0.0699. The van der Waals surface area contributed by atoms with Gasteiger partial charge in [0.05, 0.1) is 6.21 Å². The zero-order chi connectivity index (χ0) is 28.3. The molecule has 0 saturated carbocycles. The first-order chi connectivity index (χ1) is 19.3. The maximum atomic E-state index is 10.8. The van der Waals surface area contributed by atoms with Gasteiger partial charge in [-0.15, -0.1) is 0 Å². The molecule has 5 rings (SSSR count). The van der Waals surface area contributed by atoms with Crippen molar-refractivity contribution in [2.24, 2.45) is 5.16 Å². The standard InChI is InChI=1S/C24H20P.C7H7NO2.Mo.2O2.O/c1-5-13-21(14-6-1)25(22-15-7-2-8-16-22,23-17-9-3-10-18-23)24-19-11-4-12-20-24;9-7-4-2-1-3-6(7)5-8-10;;2*1-2;/h1-20H;1-5,9-10H;;;;/q+1;;;3*-2/p-1/b;8-5+;;;;. The molecular weight excluding hydrogens is 625 g/mol. The molecule has 0 aliphatic rings. The number of oxime groups is 1. The van der Waals surface area contributed by atoms with E-state index in [0.29, 0.717) is 5.56 Å². The SMILES string of the molecule is [Mo].[O-2].[O-][O-].[O-][O-].[O-]c1ccccc1/C=N/O.c1ccc([P+](c2ccccc2)(c2ccccc2)c2ccccc2)cc1. The molecule has 0 saturated heterocycles. The number of benzene rings is 5. The summed E-state index contributed by atoms with van der Waals surface area (Å²) in [6.07, 6.45) is 1.11. The van der Waals surface area contributed by atoms with E-state index in [0.717, 1.165) is 6.21 Å². The van der Waals surface area contributed by atoms with Crippen LogP contribution >= 0.6 is 7.26 Å². The van der Waals surface area contributed by atoms with E-state index < -0.39 is 7.26 Å². The Bertz CT molecular complexity index is 1200. The van der Waals surface area contributed by atoms with Crippen LogP contribution in [-0.2, 0) is 26.5 Å². The summed E-state index contributed by atoms with van der Waals surface area (Å²) < 4.78 is 0. The first-order valence-electron chi connectivity index (χ1n) is 11.6. The third-order valence-corrected chi connectivity index (χ3v) is 9.98. The van der Waals surface area contributed by atoms with Crippen molar-refractivity contribution in [2.45, 2.75) is 0 Å². The molecule has 1 N–H and O–H groups in total. The van der Waals surface area contributed by atoms with E-state index in [1.165, 1.54) is 27.3 Å². The van der Waals surface area contributed by atoms with Gasteiger partial charge in [0.25, 0.3) is 0 Å². The van der Waals surface area contributed by atoms with Crippen LogP contribution in [-0.4, -0.2) is 11.4 Å². The average Bonchev–Trinajstić information content (AvgIpc) is 3.03. The molecule has 214 valence electrons. The summed E-state index contributed by atoms with van der Waals surface area (Å²) in [6, 6.07) is 50.2. The van der Waals surface area contributed by atoms with Crippen molar-refractivity contribution in [3.63, 3.8) is 0 Å². The molecule has 0 amide bonds. The number of hydrogen-bond donors (Lipinski definition) is 1. The molecule has 8 nitrogen and oxygen atoms in total. The van der Waals surface area contributed by atoms with E-state index >= 15 is 0 Å². The van der Waals surface area contributed by atoms with Crippen molar-refractivity contribution in [1.82, 2.24) is 0 Å². The van der Waals surface area contributed by atoms with Crippen LogP contribution < -0.4 is 47.4 Å². The van der Waals surface area contributed by atoms with Crippen molar-refractivity contribution >= 4 is 34.7 Å². The Morgan fingerprint density at radius 2 is 0.756 bits per heavy atom. The third-order valence-electron chi connectivity index (χ3n) is 5.69. The number of hydrogen-bond acceptors (Lipinski definition) is 7. The summed E-state index contributed by atoms with van der Waals surface area (Å²) in [5.41, 5.74) is 0.394. The van der Waals surface area contributed by atoms with Crippen LogP contribution in [0.4, 0.5) is 0 Å². The Kier molecular flexibility index (Phi) is 19.2. The zero-order valence-corrected chi connectivity index (χ0v) is 24.5. The molecule has 0 aliphatic heterocycles. The van der Waals surface area contributed by atoms with Gasteiger partial charge < -0.3 is 36.8 Å². The summed E-state index contributed by atoms with van der Waals surface area (Å²) in [5, 5.41) is 55.2. The molecule has 10 heteroatoms. The van der Waals surface area contributed by atoms with Gasteiger partial charge in [0.1, 0.15) is 28.5 Å². The molecule has 0 atom stereocenters. The fourth-order valence-corrected chi connectivity index (χ4v) is 8.42. The molecular formula is C31H26MoNO7P-6. The molecule has 0 fully saturated rings. The van der Waals surface area contributed by atoms with Crippen LogP contribution in [0.2, 0.25) is 0 Å². The summed E-state index contributed by atoms with van der Waals surface area (Å²) >= 11 is 0. The van der Waals surface area contributed by atoms with Gasteiger partial charge in [0.15, 0.2) is 0 Å². The zero-order valence-electron chi connectivity index (χ0n) is 21.6. The van der Waals surface area contributed by atoms with E-state index in [1.54, 1.807) is 18.2 Å². The van der Waals surface area contributed by atoms with Crippen LogP contribution in [0, 0.1) is 0 Å². The van der Waals surface area contributed by atoms with Gasteiger partial charge in [0, 0.05) is 21.1 Å². The van der Waals surface area contributed by atoms with Gasteiger partial charge in [-0.3, -0.25) is 0 Å². The monoisotopic (exact) mass is 653 g/mol. The molecule has 0 aliphatic carbocycles. The maximum Gasteiger partial charge on any atom is 0.144 e. The van der Waals surface area contributed by atoms with Crippen molar-refractivity contribution in [2.75, 3.05) is 0 Å². The predicted octanol–water partition coefficient (Wildman–Crippen LogP) is -0.00300. The van der Waals surface area contributed by atoms with Crippen LogP contribution in [0.1, 0.15) is 5.56 Å². The minimum atomic E-state index is -1.91. The van der Waals surface area contributed by atoms with Gasteiger partial charge in [-0.05, 0) is 54.1 Å². The van der Waals surface area contributed by atoms with Crippen molar-refractivity contribution in [3.05, 3.63) is 151 Å². The van der Waals surface area contributed by atoms with Crippen molar-refractivity contribution in [1.29, 1.82) is 0 Å². The Morgan fingerprint density at radius 1 is 0.488 bits per heavy atom. The van der Waals surface area contributed by atoms with Gasteiger partial charge >= 0.3 is 0 Å². The minimum Gasteiger partial charge on any atom is -2.00 e. The van der Waals surface area contributed by atoms with Crippen LogP contribution in [0.5, 0.6) is 5.75 Å². The Balaban J connectivity index is 0.000000850. The second-order valence-corrected chi connectivity index (χ2v) is 11.2. The first-order valence-corrected chi connectivity index (χ1v) is 13.4. The van der Waals surface area contributed by atoms with Crippen LogP contribution in [0.25, 0.3) is 0 Å². The number of nitrogens with zero attached hydrogens (tertiary/aromatic N) is 1. The second-order valence-electron chi connectivity index (χ2n) is 7.80. The molecule has 0 aromatic heterocycles. The average molecular weight is 651 g/mol. The van der Waals surface area contributed by atoms with Gasteiger partial charge in [-0.2, -0.15) is 0 Å². The van der Waals surface area contributed by atoms with E-state index in [2.05, 4.69) is 126 Å². The fraction of sp³-hybridized carbons (Fsp3) is 0. The Labute approximate surface area is 253 Å². The largest absolute Gasteiger partial charge is 2.00 e. The summed E-state index contributed by atoms with van der Waals surface area (Å²) in [4.78, 5) is 0. The Hall–Kier alpha value is -3.71. The van der Waals surface area contributed by atoms with Crippen molar-refractivity contribution in [3.8, 4) is 5.75 Å². The smallest absolute Gasteiger partial charge is 0.144 e. The normalized spacial score (nSPS) is 9.66. The van der Waals surface area contributed by atoms with Gasteiger partial charge in [0.2, 0.25) is 0 Å². The second kappa shape index (κ2) is 21.1. The van der Waals surface area contributed by atoms with E-state index in [9.17, 15) is 5.11 Å². The molecule has 0 radical (unpaired) electrons. The fourth-order valence-electron chi connectivity index (χ4n) is 4.15. The summed E-state index contributed by atoms with van der Waals surface area (Å²) in [6.45, 7) is 0. The minimum absolute atomic E-state index is 0. The topological polar surface area (TPSA) is 176 Å². The van der Waals surface area contributed by atoms with E-state index in [-0.39, 0.29) is 32.3 Å².